The average molecular weight is 332 g/mol. The molecule has 0 radical (unpaired) electrons. The molecule has 6 aromatic rings. The maximum Gasteiger partial charge on any atom is 0.233 e. The molecule has 0 heterocycles. The summed E-state index contributed by atoms with van der Waals surface area (Å²) in [6.45, 7) is 0. The second-order valence-electron chi connectivity index (χ2n) is 6.86. The van der Waals surface area contributed by atoms with Crippen molar-refractivity contribution in [2.24, 2.45) is 0 Å². The van der Waals surface area contributed by atoms with E-state index in [1.54, 1.807) is 6.07 Å². The number of benzene rings is 6. The van der Waals surface area contributed by atoms with Crippen LogP contribution in [-0.2, 0) is 0 Å². The van der Waals surface area contributed by atoms with Gasteiger partial charge in [0.2, 0.25) is 10.9 Å². The molecule has 0 unspecified atom stereocenters. The van der Waals surface area contributed by atoms with Crippen molar-refractivity contribution in [2.75, 3.05) is 0 Å². The second-order valence-corrected chi connectivity index (χ2v) is 6.86. The van der Waals surface area contributed by atoms with E-state index in [4.69, 9.17) is 0 Å². The van der Waals surface area contributed by atoms with Gasteiger partial charge in [-0.1, -0.05) is 60.7 Å². The predicted molar refractivity (Wildman–Crippen MR) is 109 cm³/mol. The van der Waals surface area contributed by atoms with Gasteiger partial charge in [-0.05, 0) is 55.2 Å². The van der Waals surface area contributed by atoms with E-state index in [1.807, 2.05) is 24.3 Å². The smallest absolute Gasteiger partial charge is 0.233 e. The summed E-state index contributed by atoms with van der Waals surface area (Å²) in [5.41, 5.74) is -0.854. The quantitative estimate of drug-likeness (QED) is 0.222. The molecule has 2 nitrogen and oxygen atoms in total. The van der Waals surface area contributed by atoms with Crippen molar-refractivity contribution in [1.29, 1.82) is 0 Å². The molecule has 0 saturated carbocycles. The van der Waals surface area contributed by atoms with E-state index in [1.165, 1.54) is 16.8 Å². The van der Waals surface area contributed by atoms with Crippen LogP contribution in [0, 0.1) is 0 Å². The summed E-state index contributed by atoms with van der Waals surface area (Å²) < 4.78 is 0. The Morgan fingerprint density at radius 3 is 2.08 bits per heavy atom. The van der Waals surface area contributed by atoms with Gasteiger partial charge in [0, 0.05) is 10.8 Å². The van der Waals surface area contributed by atoms with Gasteiger partial charge in [-0.25, -0.2) is 0 Å². The van der Waals surface area contributed by atoms with Crippen molar-refractivity contribution in [1.82, 2.24) is 0 Å². The second kappa shape index (κ2) is 4.55. The maximum absolute atomic E-state index is 12.5. The molecule has 0 aliphatic rings. The van der Waals surface area contributed by atoms with E-state index < -0.39 is 10.9 Å². The molecule has 26 heavy (non-hydrogen) atoms. The fourth-order valence-electron chi connectivity index (χ4n) is 4.48. The molecule has 0 fully saturated rings. The monoisotopic (exact) mass is 332 g/mol. The number of hydrogen-bond donors (Lipinski definition) is 0. The highest BCUT2D eigenvalue weighted by Gasteiger charge is 2.17. The van der Waals surface area contributed by atoms with Crippen molar-refractivity contribution < 1.29 is 0 Å². The Balaban J connectivity index is 2.16. The number of fused-ring (bicyclic) bond motifs is 4. The molecule has 0 N–H and O–H groups in total. The lowest BCUT2D eigenvalue weighted by Gasteiger charge is -2.15. The lowest BCUT2D eigenvalue weighted by Crippen LogP contribution is -2.22. The summed E-state index contributed by atoms with van der Waals surface area (Å²) in [6.07, 6.45) is 0. The lowest BCUT2D eigenvalue weighted by molar-refractivity contribution is 1.57. The predicted octanol–water partition coefficient (Wildman–Crippen LogP) is 5.05. The molecule has 0 saturated heterocycles. The third-order valence-corrected chi connectivity index (χ3v) is 5.52. The average Bonchev–Trinajstić information content (AvgIpc) is 2.68. The summed E-state index contributed by atoms with van der Waals surface area (Å²) >= 11 is 0. The first kappa shape index (κ1) is 13.7. The fraction of sp³-hybridized carbons (Fsp3) is 0. The van der Waals surface area contributed by atoms with Crippen LogP contribution in [0.1, 0.15) is 0 Å². The molecule has 0 atom stereocenters. The third kappa shape index (κ3) is 1.52. The van der Waals surface area contributed by atoms with Crippen LogP contribution in [-0.4, -0.2) is 0 Å². The zero-order valence-electron chi connectivity index (χ0n) is 13.7. The minimum absolute atomic E-state index is 0.415. The minimum Gasteiger partial charge on any atom is -0.286 e. The highest BCUT2D eigenvalue weighted by molar-refractivity contribution is 6.37. The Labute approximate surface area is 147 Å². The Hall–Kier alpha value is -3.52. The summed E-state index contributed by atoms with van der Waals surface area (Å²) in [5, 5.41) is 10.2. The van der Waals surface area contributed by atoms with Gasteiger partial charge in [-0.15, -0.1) is 0 Å². The normalized spacial score (nSPS) is 12.2. The van der Waals surface area contributed by atoms with Crippen LogP contribution in [0.15, 0.2) is 82.4 Å². The molecule has 2 heteroatoms. The first-order valence-electron chi connectivity index (χ1n) is 8.63. The maximum atomic E-state index is 12.5. The molecule has 0 amide bonds. The first-order valence-corrected chi connectivity index (χ1v) is 8.63. The summed E-state index contributed by atoms with van der Waals surface area (Å²) in [4.78, 5) is 24.8. The Morgan fingerprint density at radius 1 is 0.462 bits per heavy atom. The van der Waals surface area contributed by atoms with Crippen LogP contribution in [0.3, 0.4) is 0 Å². The van der Waals surface area contributed by atoms with Gasteiger partial charge in [0.15, 0.2) is 0 Å². The van der Waals surface area contributed by atoms with E-state index in [-0.39, 0.29) is 0 Å². The van der Waals surface area contributed by atoms with Crippen molar-refractivity contribution >= 4 is 53.9 Å². The SMILES string of the molecule is O=c1cc2c3cccc4cc5ccccc5c(c5cccc(c1=O)c25)c43. The van der Waals surface area contributed by atoms with Gasteiger partial charge in [0.25, 0.3) is 0 Å². The van der Waals surface area contributed by atoms with E-state index >= 15 is 0 Å². The van der Waals surface area contributed by atoms with Gasteiger partial charge >= 0.3 is 0 Å². The van der Waals surface area contributed by atoms with Crippen LogP contribution in [0.5, 0.6) is 0 Å². The zero-order valence-corrected chi connectivity index (χ0v) is 13.7. The third-order valence-electron chi connectivity index (χ3n) is 5.52. The zero-order chi connectivity index (χ0) is 17.4. The van der Waals surface area contributed by atoms with Crippen LogP contribution >= 0.6 is 0 Å². The number of hydrogen-bond acceptors (Lipinski definition) is 2. The molecule has 0 aliphatic carbocycles. The molecular formula is C24H12O2. The largest absolute Gasteiger partial charge is 0.286 e. The summed E-state index contributed by atoms with van der Waals surface area (Å²) in [6, 6.07) is 23.9. The summed E-state index contributed by atoms with van der Waals surface area (Å²) in [7, 11) is 0. The standard InChI is InChI=1S/C24H12O2/c25-20-12-19-16-8-3-6-14-11-13-5-1-2-7-15(13)23(21(14)16)17-9-4-10-18(22(17)19)24(20)26/h1-12H. The minimum atomic E-state index is -0.439. The van der Waals surface area contributed by atoms with E-state index in [9.17, 15) is 9.59 Å². The Bertz CT molecular complexity index is 1610. The van der Waals surface area contributed by atoms with Crippen molar-refractivity contribution in [3.05, 3.63) is 93.2 Å². The van der Waals surface area contributed by atoms with Gasteiger partial charge in [-0.2, -0.15) is 0 Å². The molecule has 6 aromatic carbocycles. The van der Waals surface area contributed by atoms with Crippen LogP contribution in [0.25, 0.3) is 53.9 Å². The van der Waals surface area contributed by atoms with Crippen LogP contribution in [0.4, 0.5) is 0 Å². The topological polar surface area (TPSA) is 34.1 Å². The van der Waals surface area contributed by atoms with Gasteiger partial charge in [0.1, 0.15) is 0 Å². The van der Waals surface area contributed by atoms with Crippen molar-refractivity contribution in [2.45, 2.75) is 0 Å². The first-order chi connectivity index (χ1) is 12.7. The lowest BCUT2D eigenvalue weighted by atomic mass is 9.87. The van der Waals surface area contributed by atoms with Gasteiger partial charge in [-0.3, -0.25) is 9.59 Å². The van der Waals surface area contributed by atoms with E-state index in [0.29, 0.717) is 5.39 Å². The van der Waals surface area contributed by atoms with Gasteiger partial charge < -0.3 is 0 Å². The molecule has 120 valence electrons. The van der Waals surface area contributed by atoms with E-state index in [0.717, 1.165) is 37.7 Å². The fourth-order valence-corrected chi connectivity index (χ4v) is 4.48. The molecule has 0 bridgehead atoms. The molecule has 0 aromatic heterocycles. The van der Waals surface area contributed by atoms with E-state index in [2.05, 4.69) is 36.4 Å². The van der Waals surface area contributed by atoms with Gasteiger partial charge in [0.05, 0.1) is 0 Å². The highest BCUT2D eigenvalue weighted by atomic mass is 16.2. The molecule has 6 rings (SSSR count). The Morgan fingerprint density at radius 2 is 1.15 bits per heavy atom. The van der Waals surface area contributed by atoms with Crippen molar-refractivity contribution in [3.63, 3.8) is 0 Å². The molecule has 0 aliphatic heterocycles. The van der Waals surface area contributed by atoms with Crippen LogP contribution in [0.2, 0.25) is 0 Å². The highest BCUT2D eigenvalue weighted by Crippen LogP contribution is 2.42. The van der Waals surface area contributed by atoms with Crippen molar-refractivity contribution in [3.8, 4) is 0 Å². The summed E-state index contributed by atoms with van der Waals surface area (Å²) in [5.74, 6) is 0. The molecule has 0 spiro atoms. The Kier molecular flexibility index (Phi) is 2.41. The number of rotatable bonds is 0. The molecular weight excluding hydrogens is 320 g/mol. The van der Waals surface area contributed by atoms with Crippen LogP contribution < -0.4 is 10.9 Å².